The third-order valence-electron chi connectivity index (χ3n) is 2.35. The summed E-state index contributed by atoms with van der Waals surface area (Å²) < 4.78 is 25.9. The molecule has 0 radical (unpaired) electrons. The van der Waals surface area contributed by atoms with Gasteiger partial charge in [0.15, 0.2) is 0 Å². The van der Waals surface area contributed by atoms with Crippen LogP contribution < -0.4 is 5.32 Å². The van der Waals surface area contributed by atoms with Gasteiger partial charge in [0.1, 0.15) is 5.82 Å². The van der Waals surface area contributed by atoms with Crippen LogP contribution in [0.5, 0.6) is 0 Å². The number of alkyl halides is 2. The maximum atomic E-state index is 12.5. The van der Waals surface area contributed by atoms with Gasteiger partial charge in [0.05, 0.1) is 6.54 Å². The molecule has 0 aliphatic rings. The highest BCUT2D eigenvalue weighted by Gasteiger charge is 2.16. The van der Waals surface area contributed by atoms with Gasteiger partial charge in [-0.05, 0) is 20.1 Å². The second-order valence-corrected chi connectivity index (χ2v) is 5.61. The van der Waals surface area contributed by atoms with Crippen molar-refractivity contribution >= 4 is 11.8 Å². The van der Waals surface area contributed by atoms with Crippen molar-refractivity contribution in [1.29, 1.82) is 0 Å². The minimum Gasteiger partial charge on any atom is -0.309 e. The standard InChI is InChI=1S/C10H17F2N3S/c1-10(2,16-3)7-13-6-8-14-4-5-15(8)9(11)12/h4-5,9,13H,6-7H2,1-3H3. The summed E-state index contributed by atoms with van der Waals surface area (Å²) >= 11 is 1.74. The lowest BCUT2D eigenvalue weighted by Gasteiger charge is -2.22. The van der Waals surface area contributed by atoms with Crippen LogP contribution in [0.1, 0.15) is 26.2 Å². The van der Waals surface area contributed by atoms with Gasteiger partial charge >= 0.3 is 6.55 Å². The number of halogens is 2. The molecule has 1 N–H and O–H groups in total. The lowest BCUT2D eigenvalue weighted by atomic mass is 10.2. The third kappa shape index (κ3) is 3.75. The zero-order valence-corrected chi connectivity index (χ0v) is 10.5. The molecule has 0 amide bonds. The van der Waals surface area contributed by atoms with E-state index in [4.69, 9.17) is 0 Å². The molecule has 3 nitrogen and oxygen atoms in total. The molecule has 1 aromatic heterocycles. The Morgan fingerprint density at radius 2 is 2.25 bits per heavy atom. The molecule has 0 aliphatic heterocycles. The van der Waals surface area contributed by atoms with Gasteiger partial charge in [-0.3, -0.25) is 4.57 Å². The van der Waals surface area contributed by atoms with Gasteiger partial charge in [-0.25, -0.2) is 4.98 Å². The molecule has 0 fully saturated rings. The normalized spacial score (nSPS) is 12.4. The summed E-state index contributed by atoms with van der Waals surface area (Å²) in [4.78, 5) is 3.90. The van der Waals surface area contributed by atoms with Gasteiger partial charge in [-0.2, -0.15) is 20.5 Å². The average Bonchev–Trinajstić information content (AvgIpc) is 2.66. The Morgan fingerprint density at radius 1 is 1.56 bits per heavy atom. The smallest absolute Gasteiger partial charge is 0.309 e. The molecule has 0 saturated heterocycles. The molecule has 0 atom stereocenters. The fourth-order valence-electron chi connectivity index (χ4n) is 1.21. The van der Waals surface area contributed by atoms with E-state index in [9.17, 15) is 8.78 Å². The van der Waals surface area contributed by atoms with Crippen molar-refractivity contribution in [3.05, 3.63) is 18.2 Å². The second kappa shape index (κ2) is 5.63. The predicted octanol–water partition coefficient (Wildman–Crippen LogP) is 2.51. The SMILES string of the molecule is CSC(C)(C)CNCc1nccn1C(F)F. The van der Waals surface area contributed by atoms with E-state index in [1.165, 1.54) is 12.4 Å². The highest BCUT2D eigenvalue weighted by Crippen LogP contribution is 2.19. The van der Waals surface area contributed by atoms with Crippen LogP contribution in [0.3, 0.4) is 0 Å². The average molecular weight is 249 g/mol. The predicted molar refractivity (Wildman–Crippen MR) is 62.8 cm³/mol. The lowest BCUT2D eigenvalue weighted by Crippen LogP contribution is -2.32. The fraction of sp³-hybridized carbons (Fsp3) is 0.700. The number of hydrogen-bond donors (Lipinski definition) is 1. The number of aromatic nitrogens is 2. The van der Waals surface area contributed by atoms with Crippen LogP contribution in [0.15, 0.2) is 12.4 Å². The Morgan fingerprint density at radius 3 is 2.81 bits per heavy atom. The number of rotatable bonds is 6. The van der Waals surface area contributed by atoms with E-state index in [2.05, 4.69) is 24.1 Å². The fourth-order valence-corrected chi connectivity index (χ4v) is 1.45. The number of imidazole rings is 1. The highest BCUT2D eigenvalue weighted by atomic mass is 32.2. The monoisotopic (exact) mass is 249 g/mol. The molecule has 6 heteroatoms. The van der Waals surface area contributed by atoms with Crippen LogP contribution in [-0.4, -0.2) is 27.1 Å². The first kappa shape index (κ1) is 13.4. The molecule has 0 aliphatic carbocycles. The largest absolute Gasteiger partial charge is 0.319 e. The Hall–Kier alpha value is -0.620. The van der Waals surface area contributed by atoms with Crippen molar-refractivity contribution in [3.8, 4) is 0 Å². The minimum absolute atomic E-state index is 0.0995. The lowest BCUT2D eigenvalue weighted by molar-refractivity contribution is 0.0666. The van der Waals surface area contributed by atoms with E-state index < -0.39 is 6.55 Å². The summed E-state index contributed by atoms with van der Waals surface area (Å²) in [5.74, 6) is 0.368. The van der Waals surface area contributed by atoms with Gasteiger partial charge in [-0.15, -0.1) is 0 Å². The molecule has 1 aromatic rings. The van der Waals surface area contributed by atoms with Gasteiger partial charge in [0.25, 0.3) is 0 Å². The Labute approximate surface area is 98.6 Å². The molecule has 92 valence electrons. The van der Waals surface area contributed by atoms with Crippen molar-refractivity contribution in [2.75, 3.05) is 12.8 Å². The quantitative estimate of drug-likeness (QED) is 0.840. The van der Waals surface area contributed by atoms with E-state index in [1.54, 1.807) is 11.8 Å². The van der Waals surface area contributed by atoms with Crippen molar-refractivity contribution in [1.82, 2.24) is 14.9 Å². The first-order chi connectivity index (χ1) is 7.46. The van der Waals surface area contributed by atoms with Crippen LogP contribution >= 0.6 is 11.8 Å². The molecular formula is C10H17F2N3S. The molecule has 0 spiro atoms. The number of nitrogens with zero attached hydrogens (tertiary/aromatic N) is 2. The van der Waals surface area contributed by atoms with E-state index >= 15 is 0 Å². The summed E-state index contributed by atoms with van der Waals surface area (Å²) in [7, 11) is 0. The van der Waals surface area contributed by atoms with E-state index in [0.29, 0.717) is 12.4 Å². The highest BCUT2D eigenvalue weighted by molar-refractivity contribution is 7.99. The molecule has 16 heavy (non-hydrogen) atoms. The van der Waals surface area contributed by atoms with Gasteiger partial charge in [-0.1, -0.05) is 0 Å². The van der Waals surface area contributed by atoms with E-state index in [0.717, 1.165) is 11.1 Å². The van der Waals surface area contributed by atoms with Gasteiger partial charge in [0.2, 0.25) is 0 Å². The van der Waals surface area contributed by atoms with E-state index in [1.807, 2.05) is 6.26 Å². The summed E-state index contributed by atoms with van der Waals surface area (Å²) in [6, 6.07) is 0. The van der Waals surface area contributed by atoms with Crippen LogP contribution in [0.2, 0.25) is 0 Å². The van der Waals surface area contributed by atoms with Crippen LogP contribution in [0.25, 0.3) is 0 Å². The zero-order valence-electron chi connectivity index (χ0n) is 9.70. The van der Waals surface area contributed by atoms with Crippen molar-refractivity contribution < 1.29 is 8.78 Å². The second-order valence-electron chi connectivity index (χ2n) is 4.10. The number of hydrogen-bond acceptors (Lipinski definition) is 3. The van der Waals surface area contributed by atoms with Gasteiger partial charge in [0, 0.05) is 23.7 Å². The van der Waals surface area contributed by atoms with Crippen molar-refractivity contribution in [3.63, 3.8) is 0 Å². The minimum atomic E-state index is -2.52. The van der Waals surface area contributed by atoms with Crippen LogP contribution in [0.4, 0.5) is 8.78 Å². The van der Waals surface area contributed by atoms with Crippen molar-refractivity contribution in [2.45, 2.75) is 31.7 Å². The Balaban J connectivity index is 2.46. The van der Waals surface area contributed by atoms with E-state index in [-0.39, 0.29) is 4.75 Å². The molecule has 0 unspecified atom stereocenters. The Bertz CT molecular complexity index is 326. The summed E-state index contributed by atoms with van der Waals surface area (Å²) in [6.45, 7) is 2.80. The topological polar surface area (TPSA) is 29.9 Å². The Kier molecular flexibility index (Phi) is 4.73. The molecule has 1 rings (SSSR count). The van der Waals surface area contributed by atoms with Crippen molar-refractivity contribution in [2.24, 2.45) is 0 Å². The molecule has 0 aromatic carbocycles. The summed E-state index contributed by atoms with van der Waals surface area (Å²) in [5.41, 5.74) is 0. The van der Waals surface area contributed by atoms with Crippen LogP contribution in [-0.2, 0) is 6.54 Å². The zero-order chi connectivity index (χ0) is 12.2. The summed E-state index contributed by atoms with van der Waals surface area (Å²) in [6.07, 6.45) is 4.71. The number of nitrogens with one attached hydrogen (secondary N) is 1. The first-order valence-corrected chi connectivity index (χ1v) is 6.24. The maximum Gasteiger partial charge on any atom is 0.319 e. The first-order valence-electron chi connectivity index (χ1n) is 5.02. The maximum absolute atomic E-state index is 12.5. The van der Waals surface area contributed by atoms with Gasteiger partial charge < -0.3 is 5.32 Å². The third-order valence-corrected chi connectivity index (χ3v) is 3.60. The molecular weight excluding hydrogens is 232 g/mol. The number of thioether (sulfide) groups is 1. The molecule has 0 bridgehead atoms. The molecule has 0 saturated carbocycles. The van der Waals surface area contributed by atoms with Crippen LogP contribution in [0, 0.1) is 0 Å². The molecule has 1 heterocycles. The summed E-state index contributed by atoms with van der Waals surface area (Å²) in [5, 5.41) is 3.14.